The highest BCUT2D eigenvalue weighted by atomic mass is 16.5. The molecule has 0 saturated carbocycles. The van der Waals surface area contributed by atoms with E-state index < -0.39 is 12.0 Å². The Balaban J connectivity index is 2.49. The van der Waals surface area contributed by atoms with Gasteiger partial charge in [-0.05, 0) is 37.3 Å². The van der Waals surface area contributed by atoms with Crippen molar-refractivity contribution in [3.8, 4) is 0 Å². The van der Waals surface area contributed by atoms with E-state index in [0.29, 0.717) is 6.42 Å². The Morgan fingerprint density at radius 3 is 2.39 bits per heavy atom. The Morgan fingerprint density at radius 1 is 1.33 bits per heavy atom. The minimum Gasteiger partial charge on any atom is -0.480 e. The Morgan fingerprint density at radius 2 is 1.89 bits per heavy atom. The van der Waals surface area contributed by atoms with Crippen molar-refractivity contribution in [1.29, 1.82) is 0 Å². The van der Waals surface area contributed by atoms with Crippen LogP contribution < -0.4 is 5.73 Å². The number of nitrogens with two attached hydrogens (primary N) is 1. The highest BCUT2D eigenvalue weighted by Crippen LogP contribution is 2.10. The minimum atomic E-state index is -0.965. The number of carboxylic acid groups (broad SMARTS) is 1. The first-order chi connectivity index (χ1) is 8.52. The van der Waals surface area contributed by atoms with Crippen LogP contribution in [0.3, 0.4) is 0 Å². The van der Waals surface area contributed by atoms with Gasteiger partial charge >= 0.3 is 5.97 Å². The predicted molar refractivity (Wildman–Crippen MR) is 70.5 cm³/mol. The highest BCUT2D eigenvalue weighted by molar-refractivity contribution is 5.73. The van der Waals surface area contributed by atoms with Gasteiger partial charge in [0, 0.05) is 7.11 Å². The van der Waals surface area contributed by atoms with Crippen LogP contribution >= 0.6 is 0 Å². The summed E-state index contributed by atoms with van der Waals surface area (Å²) in [5.74, 6) is -0.965. The number of methoxy groups -OCH3 is 1. The first-order valence-corrected chi connectivity index (χ1v) is 6.12. The number of ether oxygens (including phenoxy) is 1. The first-order valence-electron chi connectivity index (χ1n) is 6.12. The molecule has 3 N–H and O–H groups in total. The van der Waals surface area contributed by atoms with Crippen molar-refractivity contribution in [3.63, 3.8) is 0 Å². The van der Waals surface area contributed by atoms with Gasteiger partial charge < -0.3 is 15.6 Å². The van der Waals surface area contributed by atoms with Gasteiger partial charge in [0.25, 0.3) is 0 Å². The zero-order valence-corrected chi connectivity index (χ0v) is 10.9. The molecule has 1 rings (SSSR count). The summed E-state index contributed by atoms with van der Waals surface area (Å²) >= 11 is 0. The number of benzene rings is 1. The molecule has 2 atom stereocenters. The summed E-state index contributed by atoms with van der Waals surface area (Å²) in [7, 11) is 1.71. The summed E-state index contributed by atoms with van der Waals surface area (Å²) in [6.45, 7) is 2.04. The van der Waals surface area contributed by atoms with Gasteiger partial charge in [0.05, 0.1) is 6.10 Å². The van der Waals surface area contributed by atoms with Crippen LogP contribution in [0.2, 0.25) is 0 Å². The number of aliphatic carboxylic acids is 1. The van der Waals surface area contributed by atoms with Crippen LogP contribution in [0.25, 0.3) is 0 Å². The van der Waals surface area contributed by atoms with Crippen molar-refractivity contribution in [2.45, 2.75) is 38.3 Å². The van der Waals surface area contributed by atoms with E-state index in [1.54, 1.807) is 7.11 Å². The molecule has 100 valence electrons. The van der Waals surface area contributed by atoms with Gasteiger partial charge in [0.2, 0.25) is 0 Å². The SMILES string of the molecule is COC(C)CCc1ccc(CC(N)C(=O)O)cc1. The number of carbonyl (C=O) groups is 1. The Kier molecular flexibility index (Phi) is 5.82. The van der Waals surface area contributed by atoms with E-state index in [2.05, 4.69) is 0 Å². The number of hydrogen-bond donors (Lipinski definition) is 2. The van der Waals surface area contributed by atoms with Crippen molar-refractivity contribution >= 4 is 5.97 Å². The molecule has 0 fully saturated rings. The van der Waals surface area contributed by atoms with Crippen LogP contribution in [0.4, 0.5) is 0 Å². The van der Waals surface area contributed by atoms with E-state index in [0.717, 1.165) is 18.4 Å². The van der Waals surface area contributed by atoms with Crippen molar-refractivity contribution in [2.75, 3.05) is 7.11 Å². The second-order valence-corrected chi connectivity index (χ2v) is 4.55. The fourth-order valence-electron chi connectivity index (χ4n) is 1.67. The molecule has 0 bridgehead atoms. The molecule has 4 heteroatoms. The highest BCUT2D eigenvalue weighted by Gasteiger charge is 2.11. The lowest BCUT2D eigenvalue weighted by Gasteiger charge is -2.10. The van der Waals surface area contributed by atoms with Gasteiger partial charge in [-0.1, -0.05) is 24.3 Å². The molecule has 0 spiro atoms. The molecule has 0 radical (unpaired) electrons. The number of rotatable bonds is 7. The summed E-state index contributed by atoms with van der Waals surface area (Å²) in [6, 6.07) is 7.09. The molecule has 2 unspecified atom stereocenters. The Labute approximate surface area is 108 Å². The number of hydrogen-bond acceptors (Lipinski definition) is 3. The Hall–Kier alpha value is -1.39. The maximum atomic E-state index is 10.6. The fourth-order valence-corrected chi connectivity index (χ4v) is 1.67. The fraction of sp³-hybridized carbons (Fsp3) is 0.500. The Bertz CT molecular complexity index is 375. The van der Waals surface area contributed by atoms with Crippen LogP contribution in [0, 0.1) is 0 Å². The summed E-state index contributed by atoms with van der Waals surface area (Å²) < 4.78 is 5.19. The van der Waals surface area contributed by atoms with Crippen LogP contribution in [-0.2, 0) is 22.4 Å². The largest absolute Gasteiger partial charge is 0.480 e. The maximum Gasteiger partial charge on any atom is 0.320 e. The molecule has 0 saturated heterocycles. The van der Waals surface area contributed by atoms with Gasteiger partial charge in [-0.25, -0.2) is 0 Å². The maximum absolute atomic E-state index is 10.6. The lowest BCUT2D eigenvalue weighted by molar-refractivity contribution is -0.138. The van der Waals surface area contributed by atoms with Gasteiger partial charge in [-0.15, -0.1) is 0 Å². The molecular weight excluding hydrogens is 230 g/mol. The third-order valence-electron chi connectivity index (χ3n) is 3.04. The summed E-state index contributed by atoms with van der Waals surface area (Å²) in [5, 5.41) is 8.73. The zero-order valence-electron chi connectivity index (χ0n) is 10.9. The lowest BCUT2D eigenvalue weighted by Crippen LogP contribution is -2.32. The van der Waals surface area contributed by atoms with E-state index >= 15 is 0 Å². The van der Waals surface area contributed by atoms with Crippen LogP contribution in [0.15, 0.2) is 24.3 Å². The molecule has 0 amide bonds. The minimum absolute atomic E-state index is 0.255. The van der Waals surface area contributed by atoms with Crippen molar-refractivity contribution in [3.05, 3.63) is 35.4 Å². The van der Waals surface area contributed by atoms with Crippen molar-refractivity contribution in [2.24, 2.45) is 5.73 Å². The molecule has 1 aromatic carbocycles. The topological polar surface area (TPSA) is 72.5 Å². The molecular formula is C14H21NO3. The van der Waals surface area contributed by atoms with Crippen LogP contribution in [0.5, 0.6) is 0 Å². The van der Waals surface area contributed by atoms with Gasteiger partial charge in [0.1, 0.15) is 6.04 Å². The average molecular weight is 251 g/mol. The van der Waals surface area contributed by atoms with Gasteiger partial charge in [0.15, 0.2) is 0 Å². The number of aryl methyl sites for hydroxylation is 1. The smallest absolute Gasteiger partial charge is 0.320 e. The predicted octanol–water partition coefficient (Wildman–Crippen LogP) is 1.61. The summed E-state index contributed by atoms with van der Waals surface area (Å²) in [4.78, 5) is 10.6. The molecule has 0 aliphatic heterocycles. The van der Waals surface area contributed by atoms with Crippen LogP contribution in [0.1, 0.15) is 24.5 Å². The molecule has 0 aliphatic carbocycles. The third kappa shape index (κ3) is 4.85. The van der Waals surface area contributed by atoms with E-state index in [1.165, 1.54) is 5.56 Å². The summed E-state index contributed by atoms with van der Waals surface area (Å²) in [6.07, 6.45) is 2.56. The molecule has 0 heterocycles. The zero-order chi connectivity index (χ0) is 13.5. The van der Waals surface area contributed by atoms with E-state index in [9.17, 15) is 4.79 Å². The van der Waals surface area contributed by atoms with E-state index in [1.807, 2.05) is 31.2 Å². The van der Waals surface area contributed by atoms with Gasteiger partial charge in [-0.2, -0.15) is 0 Å². The lowest BCUT2D eigenvalue weighted by atomic mass is 10.0. The normalized spacial score (nSPS) is 14.2. The number of carboxylic acids is 1. The second kappa shape index (κ2) is 7.13. The standard InChI is InChI=1S/C14H21NO3/c1-10(18-2)3-4-11-5-7-12(8-6-11)9-13(15)14(16)17/h5-8,10,13H,3-4,9,15H2,1-2H3,(H,16,17). The van der Waals surface area contributed by atoms with E-state index in [-0.39, 0.29) is 6.10 Å². The molecule has 0 aliphatic rings. The monoisotopic (exact) mass is 251 g/mol. The van der Waals surface area contributed by atoms with Crippen molar-refractivity contribution in [1.82, 2.24) is 0 Å². The summed E-state index contributed by atoms with van der Waals surface area (Å²) in [5.41, 5.74) is 7.67. The third-order valence-corrected chi connectivity index (χ3v) is 3.04. The quantitative estimate of drug-likeness (QED) is 0.772. The van der Waals surface area contributed by atoms with Gasteiger partial charge in [-0.3, -0.25) is 4.79 Å². The van der Waals surface area contributed by atoms with Crippen LogP contribution in [-0.4, -0.2) is 30.3 Å². The average Bonchev–Trinajstić information content (AvgIpc) is 2.37. The van der Waals surface area contributed by atoms with E-state index in [4.69, 9.17) is 15.6 Å². The van der Waals surface area contributed by atoms with Crippen molar-refractivity contribution < 1.29 is 14.6 Å². The molecule has 1 aromatic rings. The molecule has 4 nitrogen and oxygen atoms in total. The molecule has 0 aromatic heterocycles. The second-order valence-electron chi connectivity index (χ2n) is 4.55. The first kappa shape index (κ1) is 14.7. The molecule has 18 heavy (non-hydrogen) atoms.